The maximum atomic E-state index is 13.2. The summed E-state index contributed by atoms with van der Waals surface area (Å²) in [5.41, 5.74) is 1.94. The van der Waals surface area contributed by atoms with Gasteiger partial charge in [0.15, 0.2) is 0 Å². The zero-order chi connectivity index (χ0) is 29.0. The van der Waals surface area contributed by atoms with E-state index in [4.69, 9.17) is 19.4 Å². The van der Waals surface area contributed by atoms with Crippen molar-refractivity contribution in [1.29, 1.82) is 0 Å². The number of aliphatic hydroxyl groups excluding tert-OH is 1. The standard InChI is InChI=1S/C33H51N3O4/c1-8-39-25-17-18-26-28(19-25)35-31(27(34-26)16-11-9-10-14-24-15-12-13-21(24)2)40-29-20-36(23(4)22(29)3)32(38)30(37)33(5,6)7/h17-19,21-24,29-30,37H,8-16,20H2,1-7H3/t21?,22-,23?,24-,29-,30+/m0/s1. The molecule has 1 saturated carbocycles. The quantitative estimate of drug-likeness (QED) is 0.316. The zero-order valence-corrected chi connectivity index (χ0v) is 25.8. The van der Waals surface area contributed by atoms with Crippen molar-refractivity contribution in [3.8, 4) is 11.6 Å². The van der Waals surface area contributed by atoms with Gasteiger partial charge in [-0.15, -0.1) is 0 Å². The fourth-order valence-corrected chi connectivity index (χ4v) is 6.32. The minimum Gasteiger partial charge on any atom is -0.494 e. The van der Waals surface area contributed by atoms with Gasteiger partial charge in [-0.25, -0.2) is 9.97 Å². The molecular weight excluding hydrogens is 502 g/mol. The second-order valence-electron chi connectivity index (χ2n) is 13.3. The highest BCUT2D eigenvalue weighted by atomic mass is 16.5. The number of unbranched alkanes of at least 4 members (excludes halogenated alkanes) is 2. The number of hydrogen-bond acceptors (Lipinski definition) is 6. The minimum atomic E-state index is -1.05. The van der Waals surface area contributed by atoms with Crippen molar-refractivity contribution < 1.29 is 19.4 Å². The van der Waals surface area contributed by atoms with Crippen LogP contribution in [-0.4, -0.2) is 57.3 Å². The van der Waals surface area contributed by atoms with E-state index in [1.807, 2.05) is 52.8 Å². The first-order chi connectivity index (χ1) is 19.0. The number of amides is 1. The molecule has 1 aromatic heterocycles. The molecule has 1 amide bonds. The summed E-state index contributed by atoms with van der Waals surface area (Å²) in [5, 5.41) is 10.7. The second kappa shape index (κ2) is 13.1. The lowest BCUT2D eigenvalue weighted by Crippen LogP contribution is -2.47. The summed E-state index contributed by atoms with van der Waals surface area (Å²) >= 11 is 0. The van der Waals surface area contributed by atoms with Gasteiger partial charge < -0.3 is 19.5 Å². The van der Waals surface area contributed by atoms with E-state index in [1.165, 1.54) is 38.5 Å². The molecule has 40 heavy (non-hydrogen) atoms. The number of aliphatic hydroxyl groups is 1. The second-order valence-corrected chi connectivity index (χ2v) is 13.3. The number of rotatable bonds is 11. The summed E-state index contributed by atoms with van der Waals surface area (Å²) in [5.74, 6) is 2.94. The molecule has 2 fully saturated rings. The number of aryl methyl sites for hydroxylation is 1. The van der Waals surface area contributed by atoms with Gasteiger partial charge in [0.1, 0.15) is 23.7 Å². The molecular formula is C33H51N3O4. The highest BCUT2D eigenvalue weighted by Gasteiger charge is 2.44. The summed E-state index contributed by atoms with van der Waals surface area (Å²) in [6.07, 6.45) is 8.52. The zero-order valence-electron chi connectivity index (χ0n) is 25.8. The average Bonchev–Trinajstić information content (AvgIpc) is 3.44. The molecule has 2 aliphatic rings. The maximum absolute atomic E-state index is 13.2. The van der Waals surface area contributed by atoms with Crippen LogP contribution >= 0.6 is 0 Å². The largest absolute Gasteiger partial charge is 0.494 e. The Morgan fingerprint density at radius 3 is 2.55 bits per heavy atom. The van der Waals surface area contributed by atoms with Crippen LogP contribution in [0.2, 0.25) is 0 Å². The van der Waals surface area contributed by atoms with E-state index in [1.54, 1.807) is 4.90 Å². The summed E-state index contributed by atoms with van der Waals surface area (Å²) in [4.78, 5) is 24.9. The first-order valence-corrected chi connectivity index (χ1v) is 15.6. The predicted molar refractivity (Wildman–Crippen MR) is 160 cm³/mol. The highest BCUT2D eigenvalue weighted by Crippen LogP contribution is 2.35. The first-order valence-electron chi connectivity index (χ1n) is 15.6. The Morgan fingerprint density at radius 1 is 1.10 bits per heavy atom. The molecule has 2 heterocycles. The third-order valence-corrected chi connectivity index (χ3v) is 9.33. The van der Waals surface area contributed by atoms with Gasteiger partial charge in [-0.3, -0.25) is 4.79 Å². The van der Waals surface area contributed by atoms with Crippen LogP contribution in [0.3, 0.4) is 0 Å². The number of fused-ring (bicyclic) bond motifs is 1. The molecule has 2 unspecified atom stereocenters. The van der Waals surface area contributed by atoms with Crippen molar-refractivity contribution in [2.45, 2.75) is 118 Å². The third kappa shape index (κ3) is 7.07. The fourth-order valence-electron chi connectivity index (χ4n) is 6.32. The van der Waals surface area contributed by atoms with Gasteiger partial charge in [0.05, 0.1) is 24.2 Å². The van der Waals surface area contributed by atoms with Gasteiger partial charge in [-0.2, -0.15) is 0 Å². The van der Waals surface area contributed by atoms with Crippen molar-refractivity contribution in [1.82, 2.24) is 14.9 Å². The molecule has 7 nitrogen and oxygen atoms in total. The van der Waals surface area contributed by atoms with Gasteiger partial charge in [0.25, 0.3) is 5.91 Å². The molecule has 222 valence electrons. The lowest BCUT2D eigenvalue weighted by molar-refractivity contribution is -0.146. The van der Waals surface area contributed by atoms with Crippen LogP contribution in [0.1, 0.15) is 99.1 Å². The Morgan fingerprint density at radius 2 is 1.88 bits per heavy atom. The van der Waals surface area contributed by atoms with Crippen LogP contribution in [-0.2, 0) is 11.2 Å². The van der Waals surface area contributed by atoms with Crippen LogP contribution in [0, 0.1) is 23.2 Å². The Labute approximate surface area is 241 Å². The van der Waals surface area contributed by atoms with Crippen LogP contribution in [0.15, 0.2) is 18.2 Å². The number of likely N-dealkylation sites (tertiary alicyclic amines) is 1. The number of carbonyl (C=O) groups is 1. The number of hydrogen-bond donors (Lipinski definition) is 1. The van der Waals surface area contributed by atoms with E-state index in [9.17, 15) is 9.90 Å². The highest BCUT2D eigenvalue weighted by molar-refractivity contribution is 5.82. The first kappa shape index (κ1) is 30.5. The minimum absolute atomic E-state index is 0.0473. The van der Waals surface area contributed by atoms with Crippen LogP contribution in [0.5, 0.6) is 11.6 Å². The van der Waals surface area contributed by atoms with Crippen molar-refractivity contribution >= 4 is 16.9 Å². The van der Waals surface area contributed by atoms with E-state index in [2.05, 4.69) is 13.8 Å². The molecule has 0 bridgehead atoms. The van der Waals surface area contributed by atoms with E-state index in [-0.39, 0.29) is 24.0 Å². The molecule has 1 aliphatic heterocycles. The Bertz CT molecular complexity index is 1150. The fraction of sp³-hybridized carbons (Fsp3) is 0.727. The smallest absolute Gasteiger partial charge is 0.252 e. The van der Waals surface area contributed by atoms with Gasteiger partial charge in [0.2, 0.25) is 5.88 Å². The number of benzene rings is 1. The van der Waals surface area contributed by atoms with E-state index in [0.29, 0.717) is 19.0 Å². The molecule has 1 saturated heterocycles. The van der Waals surface area contributed by atoms with E-state index in [0.717, 1.165) is 47.2 Å². The normalized spacial score (nSPS) is 25.9. The van der Waals surface area contributed by atoms with Crippen molar-refractivity contribution in [2.75, 3.05) is 13.2 Å². The summed E-state index contributed by atoms with van der Waals surface area (Å²) in [7, 11) is 0. The Hall–Kier alpha value is -2.41. The number of aromatic nitrogens is 2. The van der Waals surface area contributed by atoms with Crippen molar-refractivity contribution in [2.24, 2.45) is 23.2 Å². The molecule has 2 aromatic rings. The topological polar surface area (TPSA) is 84.8 Å². The van der Waals surface area contributed by atoms with Gasteiger partial charge >= 0.3 is 0 Å². The Kier molecular flexibility index (Phi) is 9.97. The van der Waals surface area contributed by atoms with Gasteiger partial charge in [-0.1, -0.05) is 73.1 Å². The molecule has 1 aromatic carbocycles. The molecule has 1 N–H and O–H groups in total. The van der Waals surface area contributed by atoms with Gasteiger partial charge in [0, 0.05) is 18.0 Å². The van der Waals surface area contributed by atoms with E-state index >= 15 is 0 Å². The summed E-state index contributed by atoms with van der Waals surface area (Å²) in [6.45, 7) is 15.2. The predicted octanol–water partition coefficient (Wildman–Crippen LogP) is 6.59. The monoisotopic (exact) mass is 553 g/mol. The number of carbonyl (C=O) groups excluding carboxylic acids is 1. The molecule has 6 atom stereocenters. The number of ether oxygens (including phenoxy) is 2. The molecule has 7 heteroatoms. The van der Waals surface area contributed by atoms with Crippen molar-refractivity contribution in [3.63, 3.8) is 0 Å². The van der Waals surface area contributed by atoms with E-state index < -0.39 is 11.5 Å². The molecule has 0 radical (unpaired) electrons. The lowest BCUT2D eigenvalue weighted by atomic mass is 9.88. The van der Waals surface area contributed by atoms with Crippen LogP contribution < -0.4 is 9.47 Å². The third-order valence-electron chi connectivity index (χ3n) is 9.33. The maximum Gasteiger partial charge on any atom is 0.252 e. The molecule has 1 aliphatic carbocycles. The average molecular weight is 554 g/mol. The van der Waals surface area contributed by atoms with Crippen LogP contribution in [0.4, 0.5) is 0 Å². The summed E-state index contributed by atoms with van der Waals surface area (Å²) in [6, 6.07) is 5.78. The van der Waals surface area contributed by atoms with Crippen LogP contribution in [0.25, 0.3) is 11.0 Å². The number of nitrogens with zero attached hydrogens (tertiary/aromatic N) is 3. The van der Waals surface area contributed by atoms with Gasteiger partial charge in [-0.05, 0) is 56.1 Å². The molecule has 4 rings (SSSR count). The molecule has 0 spiro atoms. The summed E-state index contributed by atoms with van der Waals surface area (Å²) < 4.78 is 12.3. The van der Waals surface area contributed by atoms with Crippen molar-refractivity contribution in [3.05, 3.63) is 23.9 Å². The SMILES string of the molecule is CCOc1ccc2nc(CCCCC[C@H]3CCCC3C)c(O[C@H]3CN(C(=O)[C@@H](O)C(C)(C)C)C(C)[C@@H]3C)nc2c1. The lowest BCUT2D eigenvalue weighted by Gasteiger charge is -2.31. The Balaban J connectivity index is 1.50.